The molecule has 0 aromatic rings. The quantitative estimate of drug-likeness (QED) is 0.684. The van der Waals surface area contributed by atoms with Gasteiger partial charge in [0.1, 0.15) is 0 Å². The molecular formula is C25H36O2. The predicted molar refractivity (Wildman–Crippen MR) is 109 cm³/mol. The predicted octanol–water partition coefficient (Wildman–Crippen LogP) is 5.15. The van der Waals surface area contributed by atoms with E-state index in [0.717, 1.165) is 19.3 Å². The first-order chi connectivity index (χ1) is 12.8. The van der Waals surface area contributed by atoms with Crippen molar-refractivity contribution in [1.29, 1.82) is 0 Å². The summed E-state index contributed by atoms with van der Waals surface area (Å²) in [6.07, 6.45) is 10.3. The van der Waals surface area contributed by atoms with Crippen LogP contribution in [0.15, 0.2) is 11.6 Å². The Hall–Kier alpha value is -1.07. The van der Waals surface area contributed by atoms with E-state index in [1.165, 1.54) is 31.3 Å². The summed E-state index contributed by atoms with van der Waals surface area (Å²) in [5.41, 5.74) is 1.68. The standard InChI is InChI=1S/C25H36O2/c1-5-6-7-16(2)19-8-9-20-23-21(11-13-25(19,20)4)24(3)12-10-18(26)14-17(24)15-22(23)27/h15-16,18-21,23,26H,7-14H2,1-4H3/t16-,18-,19+,20-,21-,23-,24-,25+/m0/s1. The van der Waals surface area contributed by atoms with E-state index in [2.05, 4.69) is 32.6 Å². The minimum Gasteiger partial charge on any atom is -0.393 e. The maximum absolute atomic E-state index is 13.3. The minimum atomic E-state index is -0.251. The normalized spacial score (nSPS) is 47.1. The van der Waals surface area contributed by atoms with Gasteiger partial charge in [0.2, 0.25) is 0 Å². The molecule has 2 nitrogen and oxygen atoms in total. The number of rotatable bonds is 2. The number of carbonyl (C=O) groups is 1. The molecule has 0 unspecified atom stereocenters. The average molecular weight is 369 g/mol. The first-order valence-electron chi connectivity index (χ1n) is 11.1. The molecule has 0 spiro atoms. The van der Waals surface area contributed by atoms with Gasteiger partial charge in [-0.3, -0.25) is 4.79 Å². The molecule has 0 aromatic carbocycles. The lowest BCUT2D eigenvalue weighted by Gasteiger charge is -2.57. The van der Waals surface area contributed by atoms with Gasteiger partial charge in [0.15, 0.2) is 5.78 Å². The molecule has 0 aromatic heterocycles. The first-order valence-corrected chi connectivity index (χ1v) is 11.1. The SMILES string of the molecule is CC#CC[C@H](C)[C@H]1CC[C@H]2[C@@H]3C(=O)C=C4C[C@@H](O)CC[C@]4(C)[C@H]3CC[C@]12C. The van der Waals surface area contributed by atoms with Gasteiger partial charge < -0.3 is 5.11 Å². The van der Waals surface area contributed by atoms with Gasteiger partial charge in [-0.1, -0.05) is 26.3 Å². The molecule has 0 heterocycles. The molecule has 27 heavy (non-hydrogen) atoms. The van der Waals surface area contributed by atoms with Crippen molar-refractivity contribution in [1.82, 2.24) is 0 Å². The third-order valence-corrected chi connectivity index (χ3v) is 9.28. The molecule has 4 aliphatic carbocycles. The van der Waals surface area contributed by atoms with E-state index in [4.69, 9.17) is 0 Å². The number of fused-ring (bicyclic) bond motifs is 5. The van der Waals surface area contributed by atoms with Crippen molar-refractivity contribution in [3.8, 4) is 11.8 Å². The fourth-order valence-electron chi connectivity index (χ4n) is 7.76. The van der Waals surface area contributed by atoms with Crippen molar-refractivity contribution in [3.63, 3.8) is 0 Å². The van der Waals surface area contributed by atoms with E-state index in [-0.39, 0.29) is 17.4 Å². The van der Waals surface area contributed by atoms with Gasteiger partial charge in [-0.15, -0.1) is 11.8 Å². The lowest BCUT2D eigenvalue weighted by molar-refractivity contribution is -0.135. The summed E-state index contributed by atoms with van der Waals surface area (Å²) in [5.74, 6) is 9.29. The van der Waals surface area contributed by atoms with E-state index >= 15 is 0 Å². The monoisotopic (exact) mass is 368 g/mol. The number of hydrogen-bond acceptors (Lipinski definition) is 2. The molecule has 0 saturated heterocycles. The molecule has 0 radical (unpaired) electrons. The van der Waals surface area contributed by atoms with E-state index in [1.807, 2.05) is 13.0 Å². The van der Waals surface area contributed by atoms with Gasteiger partial charge in [-0.25, -0.2) is 0 Å². The maximum atomic E-state index is 13.3. The first kappa shape index (κ1) is 19.3. The van der Waals surface area contributed by atoms with E-state index in [1.54, 1.807) is 0 Å². The molecule has 2 heteroatoms. The van der Waals surface area contributed by atoms with Crippen LogP contribution in [0.5, 0.6) is 0 Å². The zero-order chi connectivity index (χ0) is 19.4. The van der Waals surface area contributed by atoms with Crippen LogP contribution in [0.3, 0.4) is 0 Å². The molecule has 3 fully saturated rings. The van der Waals surface area contributed by atoms with Crippen LogP contribution in [-0.2, 0) is 4.79 Å². The van der Waals surface area contributed by atoms with Gasteiger partial charge in [0.05, 0.1) is 6.10 Å². The summed E-state index contributed by atoms with van der Waals surface area (Å²) in [6.45, 7) is 9.19. The van der Waals surface area contributed by atoms with E-state index in [9.17, 15) is 9.90 Å². The van der Waals surface area contributed by atoms with Crippen LogP contribution in [0.1, 0.15) is 79.1 Å². The summed E-state index contributed by atoms with van der Waals surface area (Å²) in [7, 11) is 0. The fraction of sp³-hybridized carbons (Fsp3) is 0.800. The summed E-state index contributed by atoms with van der Waals surface area (Å²) < 4.78 is 0. The zero-order valence-corrected chi connectivity index (χ0v) is 17.6. The zero-order valence-electron chi connectivity index (χ0n) is 17.6. The van der Waals surface area contributed by atoms with Crippen LogP contribution in [0, 0.1) is 52.3 Å². The Balaban J connectivity index is 1.64. The second-order valence-corrected chi connectivity index (χ2v) is 10.5. The molecule has 148 valence electrons. The third-order valence-electron chi connectivity index (χ3n) is 9.28. The van der Waals surface area contributed by atoms with E-state index < -0.39 is 0 Å². The molecule has 3 saturated carbocycles. The highest BCUT2D eigenvalue weighted by Gasteiger charge is 2.61. The summed E-state index contributed by atoms with van der Waals surface area (Å²) in [4.78, 5) is 13.3. The van der Waals surface area contributed by atoms with Crippen molar-refractivity contribution in [2.45, 2.75) is 85.2 Å². The Kier molecular flexibility index (Phi) is 4.83. The largest absolute Gasteiger partial charge is 0.393 e. The molecule has 0 amide bonds. The third kappa shape index (κ3) is 2.84. The second kappa shape index (κ2) is 6.77. The van der Waals surface area contributed by atoms with Gasteiger partial charge in [0, 0.05) is 12.3 Å². The molecule has 4 rings (SSSR count). The molecule has 8 atom stereocenters. The number of hydrogen-bond donors (Lipinski definition) is 1. The van der Waals surface area contributed by atoms with Crippen LogP contribution in [-0.4, -0.2) is 17.0 Å². The van der Waals surface area contributed by atoms with Crippen molar-refractivity contribution in [2.24, 2.45) is 40.4 Å². The highest BCUT2D eigenvalue weighted by Crippen LogP contribution is 2.66. The lowest BCUT2D eigenvalue weighted by Crippen LogP contribution is -2.53. The van der Waals surface area contributed by atoms with Gasteiger partial charge in [0.25, 0.3) is 0 Å². The van der Waals surface area contributed by atoms with Crippen molar-refractivity contribution < 1.29 is 9.90 Å². The van der Waals surface area contributed by atoms with Crippen molar-refractivity contribution in [3.05, 3.63) is 11.6 Å². The molecule has 1 N–H and O–H groups in total. The van der Waals surface area contributed by atoms with Crippen LogP contribution < -0.4 is 0 Å². The Bertz CT molecular complexity index is 710. The lowest BCUT2D eigenvalue weighted by atomic mass is 9.46. The summed E-state index contributed by atoms with van der Waals surface area (Å²) in [5, 5.41) is 10.1. The number of aliphatic hydroxyl groups excluding tert-OH is 1. The Labute approximate surface area is 165 Å². The number of allylic oxidation sites excluding steroid dienone is 1. The highest BCUT2D eigenvalue weighted by atomic mass is 16.3. The van der Waals surface area contributed by atoms with Gasteiger partial charge in [-0.05, 0) is 92.4 Å². The van der Waals surface area contributed by atoms with Crippen LogP contribution in [0.2, 0.25) is 0 Å². The smallest absolute Gasteiger partial charge is 0.159 e. The fourth-order valence-corrected chi connectivity index (χ4v) is 7.76. The Morgan fingerprint density at radius 1 is 1.19 bits per heavy atom. The second-order valence-electron chi connectivity index (χ2n) is 10.5. The molecule has 4 aliphatic rings. The Morgan fingerprint density at radius 3 is 2.70 bits per heavy atom. The van der Waals surface area contributed by atoms with E-state index in [0.29, 0.717) is 41.3 Å². The summed E-state index contributed by atoms with van der Waals surface area (Å²) >= 11 is 0. The number of ketones is 1. The molecule has 0 bridgehead atoms. The molecular weight excluding hydrogens is 332 g/mol. The molecule has 0 aliphatic heterocycles. The van der Waals surface area contributed by atoms with Crippen molar-refractivity contribution in [2.75, 3.05) is 0 Å². The van der Waals surface area contributed by atoms with Crippen LogP contribution in [0.25, 0.3) is 0 Å². The van der Waals surface area contributed by atoms with Crippen LogP contribution in [0.4, 0.5) is 0 Å². The average Bonchev–Trinajstić information content (AvgIpc) is 2.98. The summed E-state index contributed by atoms with van der Waals surface area (Å²) in [6, 6.07) is 0. The van der Waals surface area contributed by atoms with Gasteiger partial charge >= 0.3 is 0 Å². The van der Waals surface area contributed by atoms with Gasteiger partial charge in [-0.2, -0.15) is 0 Å². The minimum absolute atomic E-state index is 0.135. The van der Waals surface area contributed by atoms with Crippen molar-refractivity contribution >= 4 is 5.78 Å². The maximum Gasteiger partial charge on any atom is 0.159 e. The number of carbonyl (C=O) groups excluding carboxylic acids is 1. The van der Waals surface area contributed by atoms with Crippen LogP contribution >= 0.6 is 0 Å². The highest BCUT2D eigenvalue weighted by molar-refractivity contribution is 5.94. The topological polar surface area (TPSA) is 37.3 Å². The number of aliphatic hydroxyl groups is 1. The Morgan fingerprint density at radius 2 is 1.96 bits per heavy atom.